The Bertz CT molecular complexity index is 1190. The van der Waals surface area contributed by atoms with Crippen LogP contribution >= 0.6 is 0 Å². The lowest BCUT2D eigenvalue weighted by molar-refractivity contribution is 0.102. The van der Waals surface area contributed by atoms with Gasteiger partial charge in [-0.15, -0.1) is 0 Å². The molecular formula is C25H26N6O. The van der Waals surface area contributed by atoms with Crippen LogP contribution < -0.4 is 21.7 Å². The molecule has 4 rings (SSSR count). The topological polar surface area (TPSA) is 104 Å². The first-order chi connectivity index (χ1) is 15.5. The van der Waals surface area contributed by atoms with Crippen LogP contribution in [-0.4, -0.2) is 22.9 Å². The molecular weight excluding hydrogens is 400 g/mol. The van der Waals surface area contributed by atoms with Gasteiger partial charge in [-0.3, -0.25) is 9.78 Å². The van der Waals surface area contributed by atoms with Crippen molar-refractivity contribution < 1.29 is 4.79 Å². The summed E-state index contributed by atoms with van der Waals surface area (Å²) in [6.07, 6.45) is 5.63. The Balaban J connectivity index is 1.45. The molecule has 0 radical (unpaired) electrons. The van der Waals surface area contributed by atoms with Crippen molar-refractivity contribution >= 4 is 28.9 Å². The van der Waals surface area contributed by atoms with Crippen molar-refractivity contribution in [3.05, 3.63) is 95.3 Å². The maximum absolute atomic E-state index is 12.6. The molecule has 3 aromatic rings. The first kappa shape index (κ1) is 21.3. The number of amides is 1. The predicted molar refractivity (Wildman–Crippen MR) is 129 cm³/mol. The van der Waals surface area contributed by atoms with Gasteiger partial charge >= 0.3 is 0 Å². The average molecular weight is 427 g/mol. The van der Waals surface area contributed by atoms with Gasteiger partial charge in [0, 0.05) is 47.1 Å². The maximum atomic E-state index is 12.6. The van der Waals surface area contributed by atoms with E-state index in [1.807, 2.05) is 62.5 Å². The molecule has 1 aliphatic heterocycles. The fraction of sp³-hybridized carbons (Fsp3) is 0.160. The molecule has 7 heteroatoms. The van der Waals surface area contributed by atoms with Crippen LogP contribution in [-0.2, 0) is 6.54 Å². The quantitative estimate of drug-likeness (QED) is 0.495. The number of carbonyl (C=O) groups is 1. The number of hydrogen-bond acceptors (Lipinski definition) is 6. The molecule has 0 fully saturated rings. The van der Waals surface area contributed by atoms with Gasteiger partial charge < -0.3 is 21.7 Å². The van der Waals surface area contributed by atoms with Crippen molar-refractivity contribution in [3.63, 3.8) is 0 Å². The van der Waals surface area contributed by atoms with Crippen LogP contribution in [0.15, 0.2) is 78.1 Å². The molecule has 0 saturated heterocycles. The minimum absolute atomic E-state index is 0.0251. The van der Waals surface area contributed by atoms with E-state index in [-0.39, 0.29) is 11.9 Å². The number of nitrogens with zero attached hydrogens (tertiary/aromatic N) is 2. The molecule has 2 aromatic carbocycles. The van der Waals surface area contributed by atoms with E-state index in [9.17, 15) is 4.79 Å². The minimum atomic E-state index is -0.168. The van der Waals surface area contributed by atoms with Crippen molar-refractivity contribution in [2.45, 2.75) is 26.4 Å². The molecule has 7 nitrogen and oxygen atoms in total. The van der Waals surface area contributed by atoms with E-state index in [0.29, 0.717) is 18.1 Å². The number of rotatable bonds is 5. The molecule has 1 aliphatic rings. The van der Waals surface area contributed by atoms with E-state index in [0.717, 1.165) is 33.8 Å². The molecule has 162 valence electrons. The Morgan fingerprint density at radius 2 is 2.03 bits per heavy atom. The summed E-state index contributed by atoms with van der Waals surface area (Å²) in [5, 5.41) is 9.64. The maximum Gasteiger partial charge on any atom is 0.255 e. The smallest absolute Gasteiger partial charge is 0.255 e. The van der Waals surface area contributed by atoms with E-state index in [2.05, 4.69) is 32.0 Å². The van der Waals surface area contributed by atoms with Crippen LogP contribution in [0.1, 0.15) is 34.0 Å². The lowest BCUT2D eigenvalue weighted by Crippen LogP contribution is -2.34. The minimum Gasteiger partial charge on any atom is -0.326 e. The van der Waals surface area contributed by atoms with Crippen LogP contribution in [0.4, 0.5) is 11.4 Å². The highest BCUT2D eigenvalue weighted by atomic mass is 16.1. The van der Waals surface area contributed by atoms with Crippen molar-refractivity contribution in [3.8, 4) is 0 Å². The van der Waals surface area contributed by atoms with Gasteiger partial charge in [-0.2, -0.15) is 0 Å². The Labute approximate surface area is 187 Å². The SMILES string of the molecule is Cc1cc(NC(=O)c2cccc(CN)c2)ccc1NC1=NC(C)C=C(c2cccnc2)N1. The second-order valence-electron chi connectivity index (χ2n) is 7.68. The van der Waals surface area contributed by atoms with Crippen LogP contribution in [0, 0.1) is 6.92 Å². The van der Waals surface area contributed by atoms with Crippen LogP contribution in [0.3, 0.4) is 0 Å². The number of aryl methyl sites for hydroxylation is 1. The highest BCUT2D eigenvalue weighted by Gasteiger charge is 2.15. The summed E-state index contributed by atoms with van der Waals surface area (Å²) in [7, 11) is 0. The molecule has 1 amide bonds. The monoisotopic (exact) mass is 426 g/mol. The number of hydrogen-bond donors (Lipinski definition) is 4. The highest BCUT2D eigenvalue weighted by Crippen LogP contribution is 2.22. The molecule has 5 N–H and O–H groups in total. The van der Waals surface area contributed by atoms with Crippen LogP contribution in [0.5, 0.6) is 0 Å². The second-order valence-corrected chi connectivity index (χ2v) is 7.68. The first-order valence-corrected chi connectivity index (χ1v) is 10.5. The summed E-state index contributed by atoms with van der Waals surface area (Å²) in [5.41, 5.74) is 11.7. The zero-order valence-corrected chi connectivity index (χ0v) is 18.1. The molecule has 32 heavy (non-hydrogen) atoms. The van der Waals surface area contributed by atoms with E-state index in [1.165, 1.54) is 0 Å². The number of anilines is 2. The van der Waals surface area contributed by atoms with Gasteiger partial charge in [0.15, 0.2) is 0 Å². The van der Waals surface area contributed by atoms with E-state index < -0.39 is 0 Å². The summed E-state index contributed by atoms with van der Waals surface area (Å²) >= 11 is 0. The normalized spacial score (nSPS) is 15.3. The van der Waals surface area contributed by atoms with Crippen LogP contribution in [0.2, 0.25) is 0 Å². The highest BCUT2D eigenvalue weighted by molar-refractivity contribution is 6.05. The summed E-state index contributed by atoms with van der Waals surface area (Å²) in [6, 6.07) is 17.0. The van der Waals surface area contributed by atoms with Crippen molar-refractivity contribution in [2.75, 3.05) is 10.6 Å². The third-order valence-corrected chi connectivity index (χ3v) is 5.13. The molecule has 0 saturated carbocycles. The molecule has 0 aliphatic carbocycles. The van der Waals surface area contributed by atoms with E-state index >= 15 is 0 Å². The van der Waals surface area contributed by atoms with Gasteiger partial charge in [-0.05, 0) is 73.5 Å². The second kappa shape index (κ2) is 9.45. The number of benzene rings is 2. The number of nitrogens with one attached hydrogen (secondary N) is 3. The lowest BCUT2D eigenvalue weighted by Gasteiger charge is -2.22. The number of guanidine groups is 1. The molecule has 0 spiro atoms. The molecule has 0 bridgehead atoms. The van der Waals surface area contributed by atoms with Gasteiger partial charge in [0.1, 0.15) is 0 Å². The Hall–Kier alpha value is -3.97. The lowest BCUT2D eigenvalue weighted by atomic mass is 10.1. The number of nitrogens with two attached hydrogens (primary N) is 1. The van der Waals surface area contributed by atoms with Crippen molar-refractivity contribution in [1.29, 1.82) is 0 Å². The summed E-state index contributed by atoms with van der Waals surface area (Å²) in [4.78, 5) is 21.4. The number of pyridine rings is 1. The Morgan fingerprint density at radius 1 is 1.16 bits per heavy atom. The molecule has 1 aromatic heterocycles. The summed E-state index contributed by atoms with van der Waals surface area (Å²) < 4.78 is 0. The average Bonchev–Trinajstić information content (AvgIpc) is 2.81. The standard InChI is InChI=1S/C25H26N6O/c1-16-11-21(29-24(32)19-6-3-5-18(13-19)14-26)8-9-22(16)30-25-28-17(2)12-23(31-25)20-7-4-10-27-15-20/h3-13,15,17H,14,26H2,1-2H3,(H,29,32)(H2,28,30,31). The van der Waals surface area contributed by atoms with Gasteiger partial charge in [-0.25, -0.2) is 4.99 Å². The molecule has 1 unspecified atom stereocenters. The number of aromatic nitrogens is 1. The predicted octanol–water partition coefficient (Wildman–Crippen LogP) is 3.90. The first-order valence-electron chi connectivity index (χ1n) is 10.5. The van der Waals surface area contributed by atoms with Gasteiger partial charge in [0.25, 0.3) is 5.91 Å². The van der Waals surface area contributed by atoms with Crippen molar-refractivity contribution in [2.24, 2.45) is 10.7 Å². The zero-order valence-electron chi connectivity index (χ0n) is 18.1. The Kier molecular flexibility index (Phi) is 6.28. The number of aliphatic imine (C=N–C) groups is 1. The zero-order chi connectivity index (χ0) is 22.5. The summed E-state index contributed by atoms with van der Waals surface area (Å²) in [6.45, 7) is 4.41. The van der Waals surface area contributed by atoms with Crippen LogP contribution in [0.25, 0.3) is 5.70 Å². The van der Waals surface area contributed by atoms with Gasteiger partial charge in [0.2, 0.25) is 5.96 Å². The molecule has 2 heterocycles. The van der Waals surface area contributed by atoms with Gasteiger partial charge in [-0.1, -0.05) is 12.1 Å². The molecule has 1 atom stereocenters. The third kappa shape index (κ3) is 5.01. The van der Waals surface area contributed by atoms with E-state index in [1.54, 1.807) is 18.3 Å². The fourth-order valence-corrected chi connectivity index (χ4v) is 3.49. The van der Waals surface area contributed by atoms with Crippen molar-refractivity contribution in [1.82, 2.24) is 10.3 Å². The largest absolute Gasteiger partial charge is 0.326 e. The third-order valence-electron chi connectivity index (χ3n) is 5.13. The Morgan fingerprint density at radius 3 is 2.78 bits per heavy atom. The number of carbonyl (C=O) groups excluding carboxylic acids is 1. The van der Waals surface area contributed by atoms with Gasteiger partial charge in [0.05, 0.1) is 6.04 Å². The summed E-state index contributed by atoms with van der Waals surface area (Å²) in [5.74, 6) is 0.496. The van der Waals surface area contributed by atoms with E-state index in [4.69, 9.17) is 5.73 Å². The fourth-order valence-electron chi connectivity index (χ4n) is 3.49.